The fraction of sp³-hybridized carbons (Fsp3) is 0.594. The third-order valence-electron chi connectivity index (χ3n) is 7.85. The van der Waals surface area contributed by atoms with Crippen molar-refractivity contribution in [3.05, 3.63) is 70.8 Å². The smallest absolute Gasteiger partial charge is 0.407 e. The molecule has 1 aliphatic heterocycles. The molecular formula is C32H48N2O2. The van der Waals surface area contributed by atoms with Gasteiger partial charge in [-0.05, 0) is 45.9 Å². The molecule has 0 bridgehead atoms. The number of alkyl carbamates (subject to hydrolysis) is 1. The van der Waals surface area contributed by atoms with Crippen molar-refractivity contribution in [2.45, 2.75) is 109 Å². The van der Waals surface area contributed by atoms with Crippen molar-refractivity contribution >= 4 is 6.09 Å². The molecule has 2 N–H and O–H groups in total. The maximum absolute atomic E-state index is 12.3. The molecule has 4 nitrogen and oxygen atoms in total. The van der Waals surface area contributed by atoms with Gasteiger partial charge in [0.2, 0.25) is 0 Å². The lowest BCUT2D eigenvalue weighted by molar-refractivity contribution is 0.104. The van der Waals surface area contributed by atoms with Crippen LogP contribution in [0, 0.1) is 0 Å². The zero-order valence-electron chi connectivity index (χ0n) is 23.8. The number of carbonyl (C=O) groups excluding carboxylic acids is 1. The number of ether oxygens (including phenoxy) is 1. The summed E-state index contributed by atoms with van der Waals surface area (Å²) < 4.78 is 5.81. The lowest BCUT2D eigenvalue weighted by Gasteiger charge is -2.40. The van der Waals surface area contributed by atoms with E-state index in [9.17, 15) is 4.79 Å². The van der Waals surface area contributed by atoms with Gasteiger partial charge in [0, 0.05) is 31.0 Å². The number of unbranched alkanes of at least 4 members (excludes halogenated alkanes) is 1. The molecule has 1 heterocycles. The third kappa shape index (κ3) is 6.32. The summed E-state index contributed by atoms with van der Waals surface area (Å²) in [6.07, 6.45) is 3.32. The van der Waals surface area contributed by atoms with E-state index in [1.54, 1.807) is 0 Å². The Balaban J connectivity index is 1.95. The summed E-state index contributed by atoms with van der Waals surface area (Å²) in [5.74, 6) is 0. The van der Waals surface area contributed by atoms with Crippen molar-refractivity contribution in [3.8, 4) is 0 Å². The SMILES string of the molecule is CCCCNC(=O)O[C@H]1CNC(C(CC)(c2ccc(C(C)(C)C)cc2)c2ccc(C(C)(C)C)cc2)C1. The number of benzene rings is 2. The fourth-order valence-corrected chi connectivity index (χ4v) is 5.49. The highest BCUT2D eigenvalue weighted by molar-refractivity contribution is 5.67. The van der Waals surface area contributed by atoms with Crippen LogP contribution in [0.1, 0.15) is 103 Å². The first-order valence-corrected chi connectivity index (χ1v) is 13.8. The Morgan fingerprint density at radius 1 is 0.861 bits per heavy atom. The molecule has 0 aromatic heterocycles. The standard InChI is InChI=1S/C32H48N2O2/c1-9-11-20-33-29(35)36-27-21-28(34-22-27)32(10-2,25-16-12-23(13-17-25)30(3,4)5)26-18-14-24(15-19-26)31(6,7)8/h12-19,27-28,34H,9-11,20-22H2,1-8H3,(H,33,35)/t27-,28?/m1/s1. The van der Waals surface area contributed by atoms with E-state index in [0.29, 0.717) is 13.1 Å². The molecule has 36 heavy (non-hydrogen) atoms. The minimum absolute atomic E-state index is 0.109. The second-order valence-electron chi connectivity index (χ2n) is 12.5. The van der Waals surface area contributed by atoms with Crippen molar-refractivity contribution in [2.24, 2.45) is 0 Å². The van der Waals surface area contributed by atoms with Crippen molar-refractivity contribution in [3.63, 3.8) is 0 Å². The van der Waals surface area contributed by atoms with Crippen LogP contribution in [0.25, 0.3) is 0 Å². The first-order chi connectivity index (χ1) is 16.9. The van der Waals surface area contributed by atoms with Gasteiger partial charge in [0.25, 0.3) is 0 Å². The molecule has 2 atom stereocenters. The molecule has 1 unspecified atom stereocenters. The van der Waals surface area contributed by atoms with Gasteiger partial charge in [-0.2, -0.15) is 0 Å². The molecule has 0 radical (unpaired) electrons. The highest BCUT2D eigenvalue weighted by Crippen LogP contribution is 2.43. The summed E-state index contributed by atoms with van der Waals surface area (Å²) in [4.78, 5) is 12.3. The lowest BCUT2D eigenvalue weighted by Crippen LogP contribution is -2.46. The molecule has 1 saturated heterocycles. The first kappa shape index (κ1) is 28.2. The van der Waals surface area contributed by atoms with Gasteiger partial charge >= 0.3 is 6.09 Å². The lowest BCUT2D eigenvalue weighted by atomic mass is 9.66. The molecule has 4 heteroatoms. The molecule has 1 aliphatic rings. The quantitative estimate of drug-likeness (QED) is 0.382. The van der Waals surface area contributed by atoms with Gasteiger partial charge in [0.1, 0.15) is 6.10 Å². The van der Waals surface area contributed by atoms with E-state index >= 15 is 0 Å². The monoisotopic (exact) mass is 492 g/mol. The van der Waals surface area contributed by atoms with E-state index in [1.165, 1.54) is 22.3 Å². The van der Waals surface area contributed by atoms with Crippen molar-refractivity contribution in [1.82, 2.24) is 10.6 Å². The molecule has 2 aromatic carbocycles. The Kier molecular flexibility index (Phi) is 8.93. The zero-order chi connectivity index (χ0) is 26.6. The van der Waals surface area contributed by atoms with Crippen LogP contribution in [0.15, 0.2) is 48.5 Å². The average molecular weight is 493 g/mol. The van der Waals surface area contributed by atoms with E-state index < -0.39 is 0 Å². The second-order valence-corrected chi connectivity index (χ2v) is 12.5. The van der Waals surface area contributed by atoms with Crippen LogP contribution >= 0.6 is 0 Å². The van der Waals surface area contributed by atoms with Crippen molar-refractivity contribution < 1.29 is 9.53 Å². The van der Waals surface area contributed by atoms with E-state index in [1.807, 2.05) is 0 Å². The van der Waals surface area contributed by atoms with Gasteiger partial charge in [-0.15, -0.1) is 0 Å². The van der Waals surface area contributed by atoms with Crippen LogP contribution in [-0.2, 0) is 21.0 Å². The largest absolute Gasteiger partial charge is 0.445 e. The molecule has 1 fully saturated rings. The third-order valence-corrected chi connectivity index (χ3v) is 7.85. The summed E-state index contributed by atoms with van der Waals surface area (Å²) in [5.41, 5.74) is 5.30. The number of hydrogen-bond acceptors (Lipinski definition) is 3. The normalized spacial score (nSPS) is 18.8. The molecule has 198 valence electrons. The molecule has 0 spiro atoms. The van der Waals surface area contributed by atoms with E-state index in [-0.39, 0.29) is 34.5 Å². The highest BCUT2D eigenvalue weighted by Gasteiger charge is 2.45. The van der Waals surface area contributed by atoms with Gasteiger partial charge < -0.3 is 15.4 Å². The minimum Gasteiger partial charge on any atom is -0.445 e. The summed E-state index contributed by atoms with van der Waals surface area (Å²) in [5, 5.41) is 6.65. The molecule has 0 saturated carbocycles. The first-order valence-electron chi connectivity index (χ1n) is 13.8. The average Bonchev–Trinajstić information content (AvgIpc) is 3.28. The Morgan fingerprint density at radius 2 is 1.33 bits per heavy atom. The molecule has 1 amide bonds. The van der Waals surface area contributed by atoms with E-state index in [0.717, 1.165) is 25.7 Å². The summed E-state index contributed by atoms with van der Waals surface area (Å²) >= 11 is 0. The van der Waals surface area contributed by atoms with Crippen LogP contribution in [0.5, 0.6) is 0 Å². The second kappa shape index (κ2) is 11.4. The van der Waals surface area contributed by atoms with Crippen molar-refractivity contribution in [1.29, 1.82) is 0 Å². The minimum atomic E-state index is -0.304. The summed E-state index contributed by atoms with van der Waals surface area (Å²) in [7, 11) is 0. The van der Waals surface area contributed by atoms with Crippen LogP contribution in [-0.4, -0.2) is 31.3 Å². The summed E-state index contributed by atoms with van der Waals surface area (Å²) in [6.45, 7) is 19.3. The predicted molar refractivity (Wildman–Crippen MR) is 151 cm³/mol. The number of rotatable bonds is 8. The van der Waals surface area contributed by atoms with Gasteiger partial charge in [-0.25, -0.2) is 4.79 Å². The maximum Gasteiger partial charge on any atom is 0.407 e. The van der Waals surface area contributed by atoms with Gasteiger partial charge in [0.05, 0.1) is 0 Å². The predicted octanol–water partition coefficient (Wildman–Crippen LogP) is 7.23. The van der Waals surface area contributed by atoms with Crippen LogP contribution in [0.4, 0.5) is 4.79 Å². The number of carbonyl (C=O) groups is 1. The highest BCUT2D eigenvalue weighted by atomic mass is 16.6. The van der Waals surface area contributed by atoms with Crippen LogP contribution < -0.4 is 10.6 Å². The van der Waals surface area contributed by atoms with Gasteiger partial charge in [0.15, 0.2) is 0 Å². The van der Waals surface area contributed by atoms with E-state index in [2.05, 4.69) is 115 Å². The Bertz CT molecular complexity index is 923. The van der Waals surface area contributed by atoms with Crippen LogP contribution in [0.2, 0.25) is 0 Å². The molecule has 2 aromatic rings. The zero-order valence-corrected chi connectivity index (χ0v) is 23.8. The Hall–Kier alpha value is -2.33. The van der Waals surface area contributed by atoms with E-state index in [4.69, 9.17) is 4.74 Å². The number of nitrogens with one attached hydrogen (secondary N) is 2. The Morgan fingerprint density at radius 3 is 1.75 bits per heavy atom. The molecule has 3 rings (SSSR count). The maximum atomic E-state index is 12.3. The van der Waals surface area contributed by atoms with Gasteiger partial charge in [-0.3, -0.25) is 0 Å². The number of amides is 1. The molecule has 0 aliphatic carbocycles. The van der Waals surface area contributed by atoms with Crippen LogP contribution in [0.3, 0.4) is 0 Å². The topological polar surface area (TPSA) is 50.4 Å². The van der Waals surface area contributed by atoms with Crippen molar-refractivity contribution in [2.75, 3.05) is 13.1 Å². The molecular weight excluding hydrogens is 444 g/mol. The summed E-state index contributed by atoms with van der Waals surface area (Å²) in [6, 6.07) is 18.6. The van der Waals surface area contributed by atoms with Gasteiger partial charge in [-0.1, -0.05) is 110 Å². The Labute approximate surface area is 219 Å². The fourth-order valence-electron chi connectivity index (χ4n) is 5.49. The number of hydrogen-bond donors (Lipinski definition) is 2.